The zero-order valence-corrected chi connectivity index (χ0v) is 8.25. The van der Waals surface area contributed by atoms with Crippen LogP contribution in [0.15, 0.2) is 24.0 Å². The van der Waals surface area contributed by atoms with Crippen molar-refractivity contribution >= 4 is 0 Å². The molecule has 4 heteroatoms. The van der Waals surface area contributed by atoms with Crippen molar-refractivity contribution in [2.75, 3.05) is 20.6 Å². The molecule has 0 aliphatic carbocycles. The van der Waals surface area contributed by atoms with Crippen LogP contribution in [0.1, 0.15) is 6.42 Å². The van der Waals surface area contributed by atoms with Crippen LogP contribution in [0.25, 0.3) is 0 Å². The molecule has 0 spiro atoms. The van der Waals surface area contributed by atoms with Gasteiger partial charge in [0.2, 0.25) is 0 Å². The standard InChI is InChI=1S/C9H18N4/c1-13(2)6-4-9(11)7-8(10)3-5-12-9/h3,5,7,12H,4,6,10-11H2,1-2H3. The number of hydrogen-bond donors (Lipinski definition) is 3. The predicted molar refractivity (Wildman–Crippen MR) is 54.6 cm³/mol. The average Bonchev–Trinajstić information content (AvgIpc) is 2.01. The fourth-order valence-corrected chi connectivity index (χ4v) is 1.23. The van der Waals surface area contributed by atoms with E-state index in [1.807, 2.05) is 20.2 Å². The van der Waals surface area contributed by atoms with Gasteiger partial charge in [-0.15, -0.1) is 0 Å². The third-order valence-electron chi connectivity index (χ3n) is 2.02. The highest BCUT2D eigenvalue weighted by molar-refractivity contribution is 5.25. The van der Waals surface area contributed by atoms with Crippen molar-refractivity contribution in [2.45, 2.75) is 12.1 Å². The molecule has 1 aliphatic heterocycles. The molecule has 4 nitrogen and oxygen atoms in total. The summed E-state index contributed by atoms with van der Waals surface area (Å²) in [6, 6.07) is 0. The third-order valence-corrected chi connectivity index (χ3v) is 2.02. The molecular formula is C9H18N4. The Hall–Kier alpha value is -1.00. The van der Waals surface area contributed by atoms with Crippen LogP contribution < -0.4 is 16.8 Å². The number of allylic oxidation sites excluding steroid dienone is 1. The van der Waals surface area contributed by atoms with Crippen LogP contribution in [-0.2, 0) is 0 Å². The van der Waals surface area contributed by atoms with E-state index in [1.54, 1.807) is 12.3 Å². The molecule has 1 atom stereocenters. The normalized spacial score (nSPS) is 27.2. The monoisotopic (exact) mass is 182 g/mol. The van der Waals surface area contributed by atoms with E-state index in [1.165, 1.54) is 0 Å². The van der Waals surface area contributed by atoms with Gasteiger partial charge in [0.25, 0.3) is 0 Å². The van der Waals surface area contributed by atoms with E-state index in [9.17, 15) is 0 Å². The molecule has 1 heterocycles. The molecule has 0 aromatic carbocycles. The SMILES string of the molecule is CN(C)CCC1(N)C=C(N)C=CN1. The summed E-state index contributed by atoms with van der Waals surface area (Å²) in [5, 5.41) is 3.10. The topological polar surface area (TPSA) is 67.3 Å². The number of hydrogen-bond acceptors (Lipinski definition) is 4. The smallest absolute Gasteiger partial charge is 0.108 e. The van der Waals surface area contributed by atoms with Crippen molar-refractivity contribution in [1.29, 1.82) is 0 Å². The fourth-order valence-electron chi connectivity index (χ4n) is 1.23. The molecule has 74 valence electrons. The Balaban J connectivity index is 2.52. The van der Waals surface area contributed by atoms with Gasteiger partial charge in [-0.05, 0) is 26.2 Å². The van der Waals surface area contributed by atoms with E-state index < -0.39 is 5.66 Å². The summed E-state index contributed by atoms with van der Waals surface area (Å²) in [6.45, 7) is 0.932. The lowest BCUT2D eigenvalue weighted by molar-refractivity contribution is 0.330. The fraction of sp³-hybridized carbons (Fsp3) is 0.556. The van der Waals surface area contributed by atoms with Crippen molar-refractivity contribution in [1.82, 2.24) is 10.2 Å². The van der Waals surface area contributed by atoms with Gasteiger partial charge >= 0.3 is 0 Å². The van der Waals surface area contributed by atoms with Gasteiger partial charge in [0.1, 0.15) is 5.66 Å². The number of nitrogens with two attached hydrogens (primary N) is 2. The van der Waals surface area contributed by atoms with E-state index in [2.05, 4.69) is 10.2 Å². The predicted octanol–water partition coefficient (Wildman–Crippen LogP) is -0.447. The van der Waals surface area contributed by atoms with Crippen LogP contribution in [0.2, 0.25) is 0 Å². The highest BCUT2D eigenvalue weighted by atomic mass is 15.1. The van der Waals surface area contributed by atoms with E-state index in [0.717, 1.165) is 18.7 Å². The van der Waals surface area contributed by atoms with Gasteiger partial charge in [0.05, 0.1) is 0 Å². The number of nitrogens with zero attached hydrogens (tertiary/aromatic N) is 1. The first-order valence-electron chi connectivity index (χ1n) is 4.38. The van der Waals surface area contributed by atoms with E-state index in [-0.39, 0.29) is 0 Å². The zero-order chi connectivity index (χ0) is 9.90. The molecule has 0 aromatic heterocycles. The first-order valence-corrected chi connectivity index (χ1v) is 4.38. The Morgan fingerprint density at radius 2 is 2.23 bits per heavy atom. The Morgan fingerprint density at radius 3 is 2.77 bits per heavy atom. The third kappa shape index (κ3) is 3.08. The quantitative estimate of drug-likeness (QED) is 0.553. The lowest BCUT2D eigenvalue weighted by atomic mass is 10.0. The van der Waals surface area contributed by atoms with Gasteiger partial charge in [0.15, 0.2) is 0 Å². The largest absolute Gasteiger partial charge is 0.399 e. The molecule has 1 aliphatic rings. The van der Waals surface area contributed by atoms with Gasteiger partial charge in [-0.25, -0.2) is 0 Å². The van der Waals surface area contributed by atoms with Crippen LogP contribution in [0, 0.1) is 0 Å². The minimum absolute atomic E-state index is 0.483. The molecule has 1 unspecified atom stereocenters. The lowest BCUT2D eigenvalue weighted by Crippen LogP contribution is -2.52. The molecule has 0 fully saturated rings. The lowest BCUT2D eigenvalue weighted by Gasteiger charge is -2.30. The minimum atomic E-state index is -0.483. The van der Waals surface area contributed by atoms with Crippen LogP contribution in [-0.4, -0.2) is 31.2 Å². The maximum atomic E-state index is 6.05. The summed E-state index contributed by atoms with van der Waals surface area (Å²) in [7, 11) is 4.05. The summed E-state index contributed by atoms with van der Waals surface area (Å²) < 4.78 is 0. The molecule has 0 amide bonds. The van der Waals surface area contributed by atoms with Gasteiger partial charge < -0.3 is 21.7 Å². The second-order valence-electron chi connectivity index (χ2n) is 3.72. The number of nitrogens with one attached hydrogen (secondary N) is 1. The number of dihydropyridines is 1. The van der Waals surface area contributed by atoms with E-state index in [4.69, 9.17) is 11.5 Å². The molecular weight excluding hydrogens is 164 g/mol. The van der Waals surface area contributed by atoms with Crippen LogP contribution in [0.5, 0.6) is 0 Å². The molecule has 0 saturated heterocycles. The maximum Gasteiger partial charge on any atom is 0.108 e. The molecule has 13 heavy (non-hydrogen) atoms. The van der Waals surface area contributed by atoms with Gasteiger partial charge in [-0.3, -0.25) is 0 Å². The molecule has 0 saturated carbocycles. The van der Waals surface area contributed by atoms with E-state index in [0.29, 0.717) is 0 Å². The maximum absolute atomic E-state index is 6.05. The first kappa shape index (κ1) is 10.1. The highest BCUT2D eigenvalue weighted by Gasteiger charge is 2.22. The molecule has 0 aromatic rings. The summed E-state index contributed by atoms with van der Waals surface area (Å²) >= 11 is 0. The molecule has 1 rings (SSSR count). The van der Waals surface area contributed by atoms with Crippen molar-refractivity contribution in [3.05, 3.63) is 24.0 Å². The highest BCUT2D eigenvalue weighted by Crippen LogP contribution is 2.11. The summed E-state index contributed by atoms with van der Waals surface area (Å²) in [4.78, 5) is 2.10. The second-order valence-corrected chi connectivity index (χ2v) is 3.72. The van der Waals surface area contributed by atoms with Crippen LogP contribution in [0.4, 0.5) is 0 Å². The Bertz CT molecular complexity index is 232. The summed E-state index contributed by atoms with van der Waals surface area (Å²) in [6.07, 6.45) is 6.30. The molecule has 0 radical (unpaired) electrons. The Kier molecular flexibility index (Phi) is 2.95. The minimum Gasteiger partial charge on any atom is -0.399 e. The number of rotatable bonds is 3. The molecule has 5 N–H and O–H groups in total. The van der Waals surface area contributed by atoms with Crippen LogP contribution in [0.3, 0.4) is 0 Å². The first-order chi connectivity index (χ1) is 6.02. The van der Waals surface area contributed by atoms with Crippen molar-refractivity contribution in [2.24, 2.45) is 11.5 Å². The van der Waals surface area contributed by atoms with Crippen molar-refractivity contribution in [3.8, 4) is 0 Å². The van der Waals surface area contributed by atoms with Gasteiger partial charge in [-0.1, -0.05) is 0 Å². The summed E-state index contributed by atoms with van der Waals surface area (Å²) in [5.74, 6) is 0. The van der Waals surface area contributed by atoms with Gasteiger partial charge in [-0.2, -0.15) is 0 Å². The average molecular weight is 182 g/mol. The van der Waals surface area contributed by atoms with E-state index >= 15 is 0 Å². The Labute approximate surface area is 79.3 Å². The van der Waals surface area contributed by atoms with Crippen LogP contribution >= 0.6 is 0 Å². The Morgan fingerprint density at radius 1 is 1.54 bits per heavy atom. The second kappa shape index (κ2) is 3.81. The zero-order valence-electron chi connectivity index (χ0n) is 8.25. The molecule has 0 bridgehead atoms. The van der Waals surface area contributed by atoms with Gasteiger partial charge in [0, 0.05) is 24.9 Å². The van der Waals surface area contributed by atoms with Crippen molar-refractivity contribution in [3.63, 3.8) is 0 Å². The summed E-state index contributed by atoms with van der Waals surface area (Å²) in [5.41, 5.74) is 11.9. The van der Waals surface area contributed by atoms with Crippen molar-refractivity contribution < 1.29 is 0 Å².